The molecular weight excluding hydrogens is 162 g/mol. The second-order valence-corrected chi connectivity index (χ2v) is 2.91. The van der Waals surface area contributed by atoms with Crippen molar-refractivity contribution in [3.8, 4) is 0 Å². The molecule has 0 aliphatic carbocycles. The van der Waals surface area contributed by atoms with E-state index in [1.165, 1.54) is 0 Å². The van der Waals surface area contributed by atoms with Gasteiger partial charge < -0.3 is 0 Å². The number of hydrogen-bond donors (Lipinski definition) is 0. The van der Waals surface area contributed by atoms with Crippen LogP contribution in [0, 0.1) is 0 Å². The first kappa shape index (κ1) is 6.85. The van der Waals surface area contributed by atoms with Crippen molar-refractivity contribution in [3.05, 3.63) is 11.8 Å². The van der Waals surface area contributed by atoms with Gasteiger partial charge in [-0.3, -0.25) is 5.01 Å². The summed E-state index contributed by atoms with van der Waals surface area (Å²) in [5.41, 5.74) is 0.956. The van der Waals surface area contributed by atoms with Crippen LogP contribution in [-0.4, -0.2) is 22.6 Å². The quantitative estimate of drug-likeness (QED) is 0.541. The van der Waals surface area contributed by atoms with E-state index >= 15 is 0 Å². The van der Waals surface area contributed by atoms with E-state index in [-0.39, 0.29) is 0 Å². The Hall–Kier alpha value is -0.830. The van der Waals surface area contributed by atoms with Gasteiger partial charge in [-0.15, -0.1) is 0 Å². The molecule has 11 heavy (non-hydrogen) atoms. The predicted molar refractivity (Wildman–Crippen MR) is 45.8 cm³/mol. The Kier molecular flexibility index (Phi) is 1.46. The normalized spacial score (nSPS) is 22.4. The van der Waals surface area contributed by atoms with Crippen molar-refractivity contribution in [2.24, 2.45) is 10.1 Å². The molecule has 58 valence electrons. The van der Waals surface area contributed by atoms with Crippen molar-refractivity contribution in [3.63, 3.8) is 0 Å². The molecule has 0 aromatic heterocycles. The number of aliphatic imine (C=N–C) groups is 1. The van der Waals surface area contributed by atoms with Crippen LogP contribution in [0.2, 0.25) is 0 Å². The van der Waals surface area contributed by atoms with Crippen LogP contribution in [0.4, 0.5) is 0 Å². The topological polar surface area (TPSA) is 28.0 Å². The summed E-state index contributed by atoms with van der Waals surface area (Å²) in [6.07, 6.45) is 3.07. The number of rotatable bonds is 0. The smallest absolute Gasteiger partial charge is 0.156 e. The summed E-state index contributed by atoms with van der Waals surface area (Å²) in [5, 5.41) is 6.66. The second-order valence-electron chi connectivity index (χ2n) is 2.55. The summed E-state index contributed by atoms with van der Waals surface area (Å²) in [5.74, 6) is 0.731. The van der Waals surface area contributed by atoms with Crippen LogP contribution in [0.25, 0.3) is 0 Å². The van der Waals surface area contributed by atoms with Gasteiger partial charge in [0.1, 0.15) is 5.84 Å². The Morgan fingerprint density at radius 1 is 1.64 bits per heavy atom. The maximum atomic E-state index is 5.87. The zero-order valence-corrected chi connectivity index (χ0v) is 6.97. The molecule has 3 nitrogen and oxygen atoms in total. The van der Waals surface area contributed by atoms with Gasteiger partial charge in [0, 0.05) is 6.54 Å². The van der Waals surface area contributed by atoms with Crippen molar-refractivity contribution in [2.45, 2.75) is 13.3 Å². The molecule has 0 saturated heterocycles. The van der Waals surface area contributed by atoms with Gasteiger partial charge in [-0.2, -0.15) is 5.10 Å². The van der Waals surface area contributed by atoms with E-state index in [1.54, 1.807) is 0 Å². The Morgan fingerprint density at radius 2 is 2.45 bits per heavy atom. The summed E-state index contributed by atoms with van der Waals surface area (Å²) in [7, 11) is 0. The van der Waals surface area contributed by atoms with Gasteiger partial charge in [0.05, 0.1) is 5.70 Å². The number of allylic oxidation sites excluding steroid dienone is 1. The second kappa shape index (κ2) is 2.34. The van der Waals surface area contributed by atoms with Gasteiger partial charge in [-0.25, -0.2) is 4.99 Å². The van der Waals surface area contributed by atoms with Crippen LogP contribution in [0.15, 0.2) is 21.9 Å². The Morgan fingerprint density at radius 3 is 3.27 bits per heavy atom. The molecule has 0 N–H and O–H groups in total. The van der Waals surface area contributed by atoms with E-state index in [0.717, 1.165) is 24.5 Å². The molecule has 0 aromatic carbocycles. The largest absolute Gasteiger partial charge is 0.261 e. The molecule has 2 aliphatic heterocycles. The minimum Gasteiger partial charge on any atom is -0.261 e. The fraction of sp³-hybridized carbons (Fsp3) is 0.429. The van der Waals surface area contributed by atoms with Crippen LogP contribution in [-0.2, 0) is 0 Å². The van der Waals surface area contributed by atoms with E-state index < -0.39 is 0 Å². The number of nitrogens with zero attached hydrogens (tertiary/aromatic N) is 3. The third kappa shape index (κ3) is 1.05. The summed E-state index contributed by atoms with van der Waals surface area (Å²) in [6.45, 7) is 2.77. The summed E-state index contributed by atoms with van der Waals surface area (Å²) in [6, 6.07) is 0. The summed E-state index contributed by atoms with van der Waals surface area (Å²) >= 11 is 5.87. The zero-order valence-electron chi connectivity index (χ0n) is 6.21. The summed E-state index contributed by atoms with van der Waals surface area (Å²) in [4.78, 5) is 4.05. The lowest BCUT2D eigenvalue weighted by Gasteiger charge is -2.18. The number of fused-ring (bicyclic) bond motifs is 1. The molecular formula is C7H8ClN3. The highest BCUT2D eigenvalue weighted by molar-refractivity contribution is 6.70. The average Bonchev–Trinajstić information content (AvgIpc) is 2.34. The van der Waals surface area contributed by atoms with Gasteiger partial charge in [0.15, 0.2) is 5.17 Å². The highest BCUT2D eigenvalue weighted by Crippen LogP contribution is 2.21. The molecule has 2 heterocycles. The molecule has 0 unspecified atom stereocenters. The van der Waals surface area contributed by atoms with Crippen molar-refractivity contribution in [1.29, 1.82) is 0 Å². The lowest BCUT2D eigenvalue weighted by Crippen LogP contribution is -2.22. The molecule has 0 bridgehead atoms. The zero-order chi connectivity index (χ0) is 7.84. The van der Waals surface area contributed by atoms with Crippen molar-refractivity contribution >= 4 is 22.6 Å². The van der Waals surface area contributed by atoms with Crippen LogP contribution in [0.1, 0.15) is 13.3 Å². The number of amidine groups is 1. The minimum absolute atomic E-state index is 0.565. The first-order valence-electron chi connectivity index (χ1n) is 3.55. The van der Waals surface area contributed by atoms with E-state index in [0.29, 0.717) is 5.17 Å². The highest BCUT2D eigenvalue weighted by Gasteiger charge is 2.21. The van der Waals surface area contributed by atoms with Crippen molar-refractivity contribution in [1.82, 2.24) is 5.01 Å². The first-order valence-corrected chi connectivity index (χ1v) is 3.92. The molecule has 0 atom stereocenters. The fourth-order valence-corrected chi connectivity index (χ4v) is 1.54. The van der Waals surface area contributed by atoms with Gasteiger partial charge in [0.25, 0.3) is 0 Å². The van der Waals surface area contributed by atoms with Gasteiger partial charge in [0.2, 0.25) is 0 Å². The predicted octanol–water partition coefficient (Wildman–Crippen LogP) is 1.56. The minimum atomic E-state index is 0.565. The first-order chi connectivity index (χ1) is 5.27. The Bertz CT molecular complexity index is 277. The number of hydrazone groups is 1. The van der Waals surface area contributed by atoms with E-state index in [4.69, 9.17) is 11.6 Å². The monoisotopic (exact) mass is 169 g/mol. The molecule has 2 rings (SSSR count). The number of halogens is 1. The molecule has 0 amide bonds. The van der Waals surface area contributed by atoms with E-state index in [2.05, 4.69) is 16.2 Å². The van der Waals surface area contributed by atoms with Crippen LogP contribution >= 0.6 is 11.6 Å². The third-order valence-corrected chi connectivity index (χ3v) is 1.97. The molecule has 0 saturated carbocycles. The van der Waals surface area contributed by atoms with Gasteiger partial charge in [-0.05, 0) is 13.3 Å². The van der Waals surface area contributed by atoms with Crippen LogP contribution in [0.5, 0.6) is 0 Å². The van der Waals surface area contributed by atoms with Crippen molar-refractivity contribution in [2.75, 3.05) is 6.54 Å². The molecule has 0 aromatic rings. The van der Waals surface area contributed by atoms with Crippen LogP contribution in [0.3, 0.4) is 0 Å². The third-order valence-electron chi connectivity index (χ3n) is 1.69. The lowest BCUT2D eigenvalue weighted by atomic mass is 10.4. The standard InChI is InChI=1S/C7H8ClN3/c1-5-9-7(8)6-3-2-4-11(6)10-5/h3H,2,4H2,1H3. The molecule has 4 heteroatoms. The lowest BCUT2D eigenvalue weighted by molar-refractivity contribution is 0.414. The molecule has 0 fully saturated rings. The average molecular weight is 170 g/mol. The maximum Gasteiger partial charge on any atom is 0.156 e. The molecule has 2 aliphatic rings. The van der Waals surface area contributed by atoms with Crippen LogP contribution < -0.4 is 0 Å². The molecule has 0 spiro atoms. The fourth-order valence-electron chi connectivity index (χ4n) is 1.24. The Balaban J connectivity index is 2.40. The van der Waals surface area contributed by atoms with Gasteiger partial charge in [-0.1, -0.05) is 17.7 Å². The van der Waals surface area contributed by atoms with Gasteiger partial charge >= 0.3 is 0 Å². The highest BCUT2D eigenvalue weighted by atomic mass is 35.5. The van der Waals surface area contributed by atoms with E-state index in [9.17, 15) is 0 Å². The number of hydrogen-bond acceptors (Lipinski definition) is 3. The van der Waals surface area contributed by atoms with Crippen molar-refractivity contribution < 1.29 is 0 Å². The summed E-state index contributed by atoms with van der Waals surface area (Å²) < 4.78 is 0. The van der Waals surface area contributed by atoms with E-state index in [1.807, 2.05) is 11.9 Å². The Labute approximate surface area is 70.1 Å². The maximum absolute atomic E-state index is 5.87. The molecule has 0 radical (unpaired) electrons. The SMILES string of the molecule is CC1=NN2CCC=C2C(Cl)=N1.